The molecule has 0 aliphatic carbocycles. The molecule has 0 unspecified atom stereocenters. The topological polar surface area (TPSA) is 43.1 Å². The number of primary amides is 1. The van der Waals surface area contributed by atoms with Gasteiger partial charge in [0, 0.05) is 5.56 Å². The molecule has 0 spiro atoms. The van der Waals surface area contributed by atoms with Crippen molar-refractivity contribution in [2.45, 2.75) is 0 Å². The summed E-state index contributed by atoms with van der Waals surface area (Å²) < 4.78 is 12.7. The SMILES string of the molecule is NC(=O)c1cccc(-c2ccc(F)cc2)c1. The Kier molecular flexibility index (Phi) is 2.68. The fraction of sp³-hybridized carbons (Fsp3) is 0. The number of hydrogen-bond donors (Lipinski definition) is 1. The molecule has 0 fully saturated rings. The van der Waals surface area contributed by atoms with E-state index in [0.29, 0.717) is 5.56 Å². The fourth-order valence-corrected chi connectivity index (χ4v) is 1.49. The van der Waals surface area contributed by atoms with Crippen molar-refractivity contribution in [2.24, 2.45) is 5.73 Å². The number of halogens is 1. The largest absolute Gasteiger partial charge is 0.366 e. The highest BCUT2D eigenvalue weighted by Gasteiger charge is 2.03. The molecular formula is C13H10FNO. The second-order valence-corrected chi connectivity index (χ2v) is 3.45. The van der Waals surface area contributed by atoms with Crippen molar-refractivity contribution in [3.05, 3.63) is 59.9 Å². The molecule has 0 saturated carbocycles. The third-order valence-electron chi connectivity index (χ3n) is 2.32. The van der Waals surface area contributed by atoms with Crippen LogP contribution in [0.5, 0.6) is 0 Å². The van der Waals surface area contributed by atoms with Crippen LogP contribution in [0.4, 0.5) is 4.39 Å². The Morgan fingerprint density at radius 1 is 1.00 bits per heavy atom. The fourth-order valence-electron chi connectivity index (χ4n) is 1.49. The Labute approximate surface area is 92.5 Å². The maximum Gasteiger partial charge on any atom is 0.248 e. The summed E-state index contributed by atoms with van der Waals surface area (Å²) in [5, 5.41) is 0. The van der Waals surface area contributed by atoms with Crippen LogP contribution in [0.1, 0.15) is 10.4 Å². The summed E-state index contributed by atoms with van der Waals surface area (Å²) in [5.41, 5.74) is 7.33. The lowest BCUT2D eigenvalue weighted by molar-refractivity contribution is 0.100. The molecular weight excluding hydrogens is 205 g/mol. The predicted molar refractivity (Wildman–Crippen MR) is 60.4 cm³/mol. The minimum Gasteiger partial charge on any atom is -0.366 e. The number of carbonyl (C=O) groups excluding carboxylic acids is 1. The summed E-state index contributed by atoms with van der Waals surface area (Å²) in [5.74, 6) is -0.751. The standard InChI is InChI=1S/C13H10FNO/c14-12-6-4-9(5-7-12)10-2-1-3-11(8-10)13(15)16/h1-8H,(H2,15,16). The van der Waals surface area contributed by atoms with Gasteiger partial charge >= 0.3 is 0 Å². The summed E-state index contributed by atoms with van der Waals surface area (Å²) in [6.45, 7) is 0. The van der Waals surface area contributed by atoms with Crippen molar-refractivity contribution in [1.82, 2.24) is 0 Å². The van der Waals surface area contributed by atoms with Crippen molar-refractivity contribution in [3.63, 3.8) is 0 Å². The van der Waals surface area contributed by atoms with Gasteiger partial charge in [0.25, 0.3) is 0 Å². The van der Waals surface area contributed by atoms with E-state index in [-0.39, 0.29) is 5.82 Å². The van der Waals surface area contributed by atoms with E-state index in [4.69, 9.17) is 5.73 Å². The van der Waals surface area contributed by atoms with Crippen molar-refractivity contribution in [3.8, 4) is 11.1 Å². The molecule has 0 saturated heterocycles. The summed E-state index contributed by atoms with van der Waals surface area (Å²) in [6.07, 6.45) is 0. The molecule has 2 nitrogen and oxygen atoms in total. The molecule has 2 N–H and O–H groups in total. The Morgan fingerprint density at radius 2 is 1.69 bits per heavy atom. The second-order valence-electron chi connectivity index (χ2n) is 3.45. The summed E-state index contributed by atoms with van der Waals surface area (Å²) in [4.78, 5) is 11.0. The highest BCUT2D eigenvalue weighted by molar-refractivity contribution is 5.94. The quantitative estimate of drug-likeness (QED) is 0.822. The van der Waals surface area contributed by atoms with Crippen LogP contribution in [0.2, 0.25) is 0 Å². The average molecular weight is 215 g/mol. The molecule has 2 rings (SSSR count). The molecule has 1 amide bonds. The third kappa shape index (κ3) is 2.08. The van der Waals surface area contributed by atoms with Gasteiger partial charge in [0.05, 0.1) is 0 Å². The molecule has 0 aromatic heterocycles. The first-order valence-electron chi connectivity index (χ1n) is 4.82. The van der Waals surface area contributed by atoms with Crippen LogP contribution >= 0.6 is 0 Å². The van der Waals surface area contributed by atoms with Crippen molar-refractivity contribution in [1.29, 1.82) is 0 Å². The second kappa shape index (κ2) is 4.14. The van der Waals surface area contributed by atoms with E-state index in [1.54, 1.807) is 30.3 Å². The summed E-state index contributed by atoms with van der Waals surface area (Å²) in [7, 11) is 0. The predicted octanol–water partition coefficient (Wildman–Crippen LogP) is 2.59. The lowest BCUT2D eigenvalue weighted by Gasteiger charge is -2.03. The molecule has 0 aliphatic rings. The molecule has 0 aliphatic heterocycles. The third-order valence-corrected chi connectivity index (χ3v) is 2.32. The first kappa shape index (κ1) is 10.4. The maximum atomic E-state index is 12.7. The Balaban J connectivity index is 2.44. The number of rotatable bonds is 2. The molecule has 0 radical (unpaired) electrons. The summed E-state index contributed by atoms with van der Waals surface area (Å²) in [6, 6.07) is 13.0. The molecule has 2 aromatic carbocycles. The number of amides is 1. The molecule has 0 heterocycles. The van der Waals surface area contributed by atoms with E-state index >= 15 is 0 Å². The van der Waals surface area contributed by atoms with Crippen molar-refractivity contribution in [2.75, 3.05) is 0 Å². The Bertz CT molecular complexity index is 520. The first-order chi connectivity index (χ1) is 7.66. The highest BCUT2D eigenvalue weighted by atomic mass is 19.1. The van der Waals surface area contributed by atoms with Gasteiger partial charge < -0.3 is 5.73 Å². The van der Waals surface area contributed by atoms with Crippen molar-refractivity contribution >= 4 is 5.91 Å². The summed E-state index contributed by atoms with van der Waals surface area (Å²) >= 11 is 0. The van der Waals surface area contributed by atoms with Gasteiger partial charge in [0.2, 0.25) is 5.91 Å². The van der Waals surface area contributed by atoms with Crippen molar-refractivity contribution < 1.29 is 9.18 Å². The van der Waals surface area contributed by atoms with Crippen LogP contribution in [-0.4, -0.2) is 5.91 Å². The number of hydrogen-bond acceptors (Lipinski definition) is 1. The first-order valence-corrected chi connectivity index (χ1v) is 4.82. The number of carbonyl (C=O) groups is 1. The zero-order valence-electron chi connectivity index (χ0n) is 8.48. The van der Waals surface area contributed by atoms with Crippen LogP contribution in [0, 0.1) is 5.82 Å². The van der Waals surface area contributed by atoms with Gasteiger partial charge in [-0.25, -0.2) is 4.39 Å². The molecule has 0 bridgehead atoms. The van der Waals surface area contributed by atoms with Crippen LogP contribution in [0.25, 0.3) is 11.1 Å². The van der Waals surface area contributed by atoms with Crippen LogP contribution < -0.4 is 5.73 Å². The lowest BCUT2D eigenvalue weighted by atomic mass is 10.0. The van der Waals surface area contributed by atoms with Crippen LogP contribution in [0.15, 0.2) is 48.5 Å². The van der Waals surface area contributed by atoms with Gasteiger partial charge in [-0.3, -0.25) is 4.79 Å². The van der Waals surface area contributed by atoms with E-state index < -0.39 is 5.91 Å². The molecule has 3 heteroatoms. The Morgan fingerprint density at radius 3 is 2.31 bits per heavy atom. The molecule has 16 heavy (non-hydrogen) atoms. The van der Waals surface area contributed by atoms with Crippen LogP contribution in [0.3, 0.4) is 0 Å². The minimum atomic E-state index is -0.469. The van der Waals surface area contributed by atoms with E-state index in [1.165, 1.54) is 12.1 Å². The van der Waals surface area contributed by atoms with Gasteiger partial charge in [-0.1, -0.05) is 24.3 Å². The van der Waals surface area contributed by atoms with E-state index in [9.17, 15) is 9.18 Å². The number of benzene rings is 2. The van der Waals surface area contributed by atoms with Crippen LogP contribution in [-0.2, 0) is 0 Å². The molecule has 2 aromatic rings. The zero-order valence-corrected chi connectivity index (χ0v) is 8.48. The minimum absolute atomic E-state index is 0.283. The lowest BCUT2D eigenvalue weighted by Crippen LogP contribution is -2.10. The van der Waals surface area contributed by atoms with Gasteiger partial charge in [0.1, 0.15) is 5.82 Å². The molecule has 0 atom stereocenters. The van der Waals surface area contributed by atoms with Gasteiger partial charge in [0.15, 0.2) is 0 Å². The van der Waals surface area contributed by atoms with E-state index in [0.717, 1.165) is 11.1 Å². The normalized spacial score (nSPS) is 10.1. The van der Waals surface area contributed by atoms with E-state index in [1.807, 2.05) is 6.07 Å². The number of nitrogens with two attached hydrogens (primary N) is 1. The average Bonchev–Trinajstić information content (AvgIpc) is 2.30. The van der Waals surface area contributed by atoms with Gasteiger partial charge in [-0.2, -0.15) is 0 Å². The highest BCUT2D eigenvalue weighted by Crippen LogP contribution is 2.20. The zero-order chi connectivity index (χ0) is 11.5. The van der Waals surface area contributed by atoms with Gasteiger partial charge in [-0.05, 0) is 35.4 Å². The smallest absolute Gasteiger partial charge is 0.248 e. The molecule has 80 valence electrons. The van der Waals surface area contributed by atoms with E-state index in [2.05, 4.69) is 0 Å². The monoisotopic (exact) mass is 215 g/mol. The Hall–Kier alpha value is -2.16. The maximum absolute atomic E-state index is 12.7. The van der Waals surface area contributed by atoms with Gasteiger partial charge in [-0.15, -0.1) is 0 Å².